The summed E-state index contributed by atoms with van der Waals surface area (Å²) in [5.41, 5.74) is 1.96. The molecule has 2 N–H and O–H groups in total. The molecule has 0 aliphatic carbocycles. The topological polar surface area (TPSA) is 79.3 Å². The first kappa shape index (κ1) is 11.6. The van der Waals surface area contributed by atoms with E-state index in [1.807, 2.05) is 0 Å². The van der Waals surface area contributed by atoms with Gasteiger partial charge in [0.2, 0.25) is 0 Å². The van der Waals surface area contributed by atoms with Crippen LogP contribution in [0.25, 0.3) is 0 Å². The largest absolute Gasteiger partial charge is 0.481 e. The zero-order valence-electron chi connectivity index (χ0n) is 8.27. The Morgan fingerprint density at radius 2 is 2.40 bits per heavy atom. The highest BCUT2D eigenvalue weighted by molar-refractivity contribution is 7.07. The predicted octanol–water partition coefficient (Wildman–Crippen LogP) is 0.984. The first-order chi connectivity index (χ1) is 7.11. The highest BCUT2D eigenvalue weighted by atomic mass is 32.1. The number of hydrogen-bond acceptors (Lipinski definition) is 4. The van der Waals surface area contributed by atoms with E-state index in [-0.39, 0.29) is 5.91 Å². The number of amides is 1. The highest BCUT2D eigenvalue weighted by Gasteiger charge is 2.12. The molecule has 0 saturated heterocycles. The molecule has 1 heterocycles. The monoisotopic (exact) mass is 228 g/mol. The molecule has 15 heavy (non-hydrogen) atoms. The Hall–Kier alpha value is -1.43. The second kappa shape index (κ2) is 5.45. The summed E-state index contributed by atoms with van der Waals surface area (Å²) in [4.78, 5) is 25.7. The summed E-state index contributed by atoms with van der Waals surface area (Å²) in [5.74, 6) is -1.55. The summed E-state index contributed by atoms with van der Waals surface area (Å²) in [5, 5.41) is 12.9. The van der Waals surface area contributed by atoms with Gasteiger partial charge in [0.05, 0.1) is 11.4 Å². The number of carbonyl (C=O) groups excluding carboxylic acids is 1. The summed E-state index contributed by atoms with van der Waals surface area (Å²) in [6.45, 7) is 1.96. The van der Waals surface area contributed by atoms with E-state index < -0.39 is 11.9 Å². The van der Waals surface area contributed by atoms with E-state index in [0.717, 1.165) is 0 Å². The van der Waals surface area contributed by atoms with Crippen LogP contribution in [0.1, 0.15) is 23.8 Å². The fourth-order valence-electron chi connectivity index (χ4n) is 0.941. The molecule has 0 spiro atoms. The Balaban J connectivity index is 2.27. The number of carboxylic acids is 1. The van der Waals surface area contributed by atoms with E-state index in [0.29, 0.717) is 18.7 Å². The lowest BCUT2D eigenvalue weighted by Crippen LogP contribution is -2.27. The Labute approximate surface area is 91.1 Å². The third-order valence-corrected chi connectivity index (χ3v) is 2.54. The Kier molecular flexibility index (Phi) is 4.23. The van der Waals surface area contributed by atoms with Crippen LogP contribution in [0.15, 0.2) is 10.9 Å². The van der Waals surface area contributed by atoms with Crippen LogP contribution < -0.4 is 5.32 Å². The molecule has 0 aliphatic rings. The minimum atomic E-state index is -0.849. The zero-order valence-corrected chi connectivity index (χ0v) is 9.08. The van der Waals surface area contributed by atoms with Crippen LogP contribution in [0.3, 0.4) is 0 Å². The smallest absolute Gasteiger partial charge is 0.306 e. The van der Waals surface area contributed by atoms with Gasteiger partial charge < -0.3 is 10.4 Å². The summed E-state index contributed by atoms with van der Waals surface area (Å²) in [6, 6.07) is 0. The fraction of sp³-hybridized carbons (Fsp3) is 0.444. The Morgan fingerprint density at radius 3 is 2.93 bits per heavy atom. The van der Waals surface area contributed by atoms with Gasteiger partial charge in [-0.1, -0.05) is 6.92 Å². The minimum Gasteiger partial charge on any atom is -0.481 e. The summed E-state index contributed by atoms with van der Waals surface area (Å²) >= 11 is 1.35. The molecule has 1 atom stereocenters. The van der Waals surface area contributed by atoms with Crippen molar-refractivity contribution >= 4 is 23.2 Å². The van der Waals surface area contributed by atoms with Crippen molar-refractivity contribution in [2.24, 2.45) is 5.92 Å². The fourth-order valence-corrected chi connectivity index (χ4v) is 1.47. The number of aliphatic carboxylic acids is 1. The van der Waals surface area contributed by atoms with E-state index >= 15 is 0 Å². The maximum absolute atomic E-state index is 11.3. The van der Waals surface area contributed by atoms with Gasteiger partial charge in [0.15, 0.2) is 0 Å². The summed E-state index contributed by atoms with van der Waals surface area (Å²) < 4.78 is 0. The molecule has 0 aliphatic heterocycles. The molecular weight excluding hydrogens is 216 g/mol. The number of aromatic nitrogens is 1. The molecule has 1 aromatic heterocycles. The molecule has 0 saturated carbocycles. The second-order valence-corrected chi connectivity index (χ2v) is 3.88. The van der Waals surface area contributed by atoms with Gasteiger partial charge in [-0.25, -0.2) is 4.98 Å². The van der Waals surface area contributed by atoms with Crippen molar-refractivity contribution in [1.82, 2.24) is 10.3 Å². The summed E-state index contributed by atoms with van der Waals surface area (Å²) in [6.07, 6.45) is 0.422. The molecule has 1 amide bonds. The predicted molar refractivity (Wildman–Crippen MR) is 55.9 cm³/mol. The molecule has 0 fully saturated rings. The van der Waals surface area contributed by atoms with Gasteiger partial charge in [-0.15, -0.1) is 11.3 Å². The van der Waals surface area contributed by atoms with E-state index in [4.69, 9.17) is 5.11 Å². The molecule has 1 aromatic rings. The van der Waals surface area contributed by atoms with Gasteiger partial charge in [-0.3, -0.25) is 9.59 Å². The average Bonchev–Trinajstić information content (AvgIpc) is 2.70. The third-order valence-electron chi connectivity index (χ3n) is 1.95. The number of carboxylic acid groups (broad SMARTS) is 1. The van der Waals surface area contributed by atoms with Crippen LogP contribution in [0.2, 0.25) is 0 Å². The zero-order chi connectivity index (χ0) is 11.3. The normalized spacial score (nSPS) is 12.1. The number of hydrogen-bond donors (Lipinski definition) is 2. The first-order valence-electron chi connectivity index (χ1n) is 4.50. The molecule has 1 unspecified atom stereocenters. The van der Waals surface area contributed by atoms with Gasteiger partial charge in [0, 0.05) is 11.9 Å². The molecular formula is C9H12N2O3S. The quantitative estimate of drug-likeness (QED) is 0.787. The number of carbonyl (C=O) groups is 2. The first-order valence-corrected chi connectivity index (χ1v) is 5.44. The van der Waals surface area contributed by atoms with Crippen molar-refractivity contribution in [3.05, 3.63) is 16.6 Å². The van der Waals surface area contributed by atoms with Gasteiger partial charge in [0.1, 0.15) is 5.69 Å². The third kappa shape index (κ3) is 3.67. The molecule has 0 radical (unpaired) electrons. The van der Waals surface area contributed by atoms with Crippen molar-refractivity contribution < 1.29 is 14.7 Å². The maximum atomic E-state index is 11.3. The molecule has 6 heteroatoms. The van der Waals surface area contributed by atoms with Gasteiger partial charge in [-0.05, 0) is 6.42 Å². The lowest BCUT2D eigenvalue weighted by molar-refractivity contribution is -0.141. The van der Waals surface area contributed by atoms with Crippen LogP contribution in [-0.2, 0) is 4.79 Å². The van der Waals surface area contributed by atoms with Crippen LogP contribution in [-0.4, -0.2) is 28.5 Å². The van der Waals surface area contributed by atoms with E-state index in [2.05, 4.69) is 10.3 Å². The molecule has 82 valence electrons. The Bertz CT molecular complexity index is 337. The van der Waals surface area contributed by atoms with Crippen LogP contribution in [0, 0.1) is 5.92 Å². The van der Waals surface area contributed by atoms with Crippen LogP contribution in [0.4, 0.5) is 0 Å². The van der Waals surface area contributed by atoms with Crippen molar-refractivity contribution in [2.75, 3.05) is 6.54 Å². The number of thiazole rings is 1. The molecule has 1 rings (SSSR count). The van der Waals surface area contributed by atoms with Crippen molar-refractivity contribution in [1.29, 1.82) is 0 Å². The number of nitrogens with zero attached hydrogens (tertiary/aromatic N) is 1. The SMILES string of the molecule is CC(CCNC(=O)c1cscn1)C(=O)O. The lowest BCUT2D eigenvalue weighted by atomic mass is 10.1. The van der Waals surface area contributed by atoms with Crippen molar-refractivity contribution in [3.63, 3.8) is 0 Å². The second-order valence-electron chi connectivity index (χ2n) is 3.16. The van der Waals surface area contributed by atoms with Crippen LogP contribution >= 0.6 is 11.3 Å². The van der Waals surface area contributed by atoms with Gasteiger partial charge in [0.25, 0.3) is 5.91 Å². The Morgan fingerprint density at radius 1 is 1.67 bits per heavy atom. The minimum absolute atomic E-state index is 0.256. The van der Waals surface area contributed by atoms with Crippen LogP contribution in [0.5, 0.6) is 0 Å². The van der Waals surface area contributed by atoms with Crippen molar-refractivity contribution in [3.8, 4) is 0 Å². The maximum Gasteiger partial charge on any atom is 0.306 e. The van der Waals surface area contributed by atoms with E-state index in [1.165, 1.54) is 11.3 Å². The lowest BCUT2D eigenvalue weighted by Gasteiger charge is -2.06. The van der Waals surface area contributed by atoms with Gasteiger partial charge >= 0.3 is 5.97 Å². The number of rotatable bonds is 5. The highest BCUT2D eigenvalue weighted by Crippen LogP contribution is 2.02. The molecule has 0 aromatic carbocycles. The van der Waals surface area contributed by atoms with Crippen molar-refractivity contribution in [2.45, 2.75) is 13.3 Å². The molecule has 5 nitrogen and oxygen atoms in total. The van der Waals surface area contributed by atoms with E-state index in [1.54, 1.807) is 17.8 Å². The standard InChI is InChI=1S/C9H12N2O3S/c1-6(9(13)14)2-3-10-8(12)7-4-15-5-11-7/h4-6H,2-3H2,1H3,(H,10,12)(H,13,14). The average molecular weight is 228 g/mol. The number of nitrogens with one attached hydrogen (secondary N) is 1. The van der Waals surface area contributed by atoms with Gasteiger partial charge in [-0.2, -0.15) is 0 Å². The molecule has 0 bridgehead atoms. The van der Waals surface area contributed by atoms with E-state index in [9.17, 15) is 9.59 Å². The summed E-state index contributed by atoms with van der Waals surface area (Å²) in [7, 11) is 0.